The fraction of sp³-hybridized carbons (Fsp3) is 0.417. The number of esters is 1. The van der Waals surface area contributed by atoms with E-state index in [-0.39, 0.29) is 29.8 Å². The monoisotopic (exact) mass is 679 g/mol. The van der Waals surface area contributed by atoms with Crippen LogP contribution in [-0.4, -0.2) is 48.0 Å². The van der Waals surface area contributed by atoms with Gasteiger partial charge in [-0.25, -0.2) is 4.68 Å². The number of ketones is 1. The number of aryl methyl sites for hydroxylation is 1. The van der Waals surface area contributed by atoms with E-state index >= 15 is 0 Å². The fourth-order valence-corrected chi connectivity index (χ4v) is 6.84. The zero-order valence-corrected chi connectivity index (χ0v) is 28.3. The molecule has 48 heavy (non-hydrogen) atoms. The largest absolute Gasteiger partial charge is 0.494 e. The zero-order chi connectivity index (χ0) is 34.5. The summed E-state index contributed by atoms with van der Waals surface area (Å²) in [6.07, 6.45) is -2.11. The van der Waals surface area contributed by atoms with Crippen LogP contribution in [0, 0.1) is 17.8 Å². The maximum absolute atomic E-state index is 13.8. The Hall–Kier alpha value is -4.32. The number of fused-ring (bicyclic) bond motifs is 1. The Morgan fingerprint density at radius 1 is 0.958 bits per heavy atom. The predicted molar refractivity (Wildman–Crippen MR) is 179 cm³/mol. The van der Waals surface area contributed by atoms with Crippen LogP contribution in [0.4, 0.5) is 13.2 Å². The van der Waals surface area contributed by atoms with E-state index in [2.05, 4.69) is 42.1 Å². The van der Waals surface area contributed by atoms with Gasteiger partial charge in [0.1, 0.15) is 11.3 Å². The second-order valence-corrected chi connectivity index (χ2v) is 19.2. The summed E-state index contributed by atoms with van der Waals surface area (Å²) in [6.45, 7) is 7.15. The summed E-state index contributed by atoms with van der Waals surface area (Å²) < 4.78 is 52.7. The normalized spacial score (nSPS) is 18.2. The second-order valence-electron chi connectivity index (χ2n) is 13.6. The van der Waals surface area contributed by atoms with Crippen LogP contribution in [0.3, 0.4) is 0 Å². The van der Waals surface area contributed by atoms with Gasteiger partial charge in [-0.2, -0.15) is 13.2 Å². The lowest BCUT2D eigenvalue weighted by molar-refractivity contribution is -0.150. The lowest BCUT2D eigenvalue weighted by atomic mass is 9.84. The number of rotatable bonds is 13. The lowest BCUT2D eigenvalue weighted by Crippen LogP contribution is -2.36. The first-order valence-electron chi connectivity index (χ1n) is 16.2. The summed E-state index contributed by atoms with van der Waals surface area (Å²) in [5.74, 6) is -2.18. The van der Waals surface area contributed by atoms with Crippen molar-refractivity contribution in [3.8, 4) is 5.75 Å². The van der Waals surface area contributed by atoms with Gasteiger partial charge in [0, 0.05) is 19.6 Å². The molecule has 1 fully saturated rings. The van der Waals surface area contributed by atoms with E-state index in [0.717, 1.165) is 41.8 Å². The van der Waals surface area contributed by atoms with Crippen LogP contribution in [-0.2, 0) is 28.7 Å². The van der Waals surface area contributed by atoms with Crippen molar-refractivity contribution in [1.82, 2.24) is 15.0 Å². The SMILES string of the molecule is C[Si](C)(C)CCOC(=O)C1C(Cn2nnc3ccc(C(F)(F)F)cc3c2=O)CCC1C(=O)c1ccc(OCCCc2ccccc2)cc1. The molecule has 0 bridgehead atoms. The van der Waals surface area contributed by atoms with Crippen LogP contribution in [0.25, 0.3) is 10.9 Å². The number of hydrogen-bond donors (Lipinski definition) is 0. The Bertz CT molecular complexity index is 1790. The minimum absolute atomic E-state index is 0.0367. The summed E-state index contributed by atoms with van der Waals surface area (Å²) >= 11 is 0. The average Bonchev–Trinajstić information content (AvgIpc) is 3.47. The molecule has 254 valence electrons. The lowest BCUT2D eigenvalue weighted by Gasteiger charge is -2.24. The smallest absolute Gasteiger partial charge is 0.416 e. The molecule has 0 aliphatic heterocycles. The minimum atomic E-state index is -4.63. The standard InChI is InChI=1S/C36H40F3N3O5Si/c1-48(2,3)21-20-47-35(45)32-26(23-42-34(44)30-22-27(36(37,38)39)14-18-31(30)40-41-42)13-17-29(32)33(43)25-11-15-28(16-12-25)46-19-7-10-24-8-5-4-6-9-24/h4-6,8-9,11-12,14-16,18,22,26,29,32H,7,10,13,17,19-21,23H2,1-3H3. The van der Waals surface area contributed by atoms with Gasteiger partial charge >= 0.3 is 12.1 Å². The third-order valence-electron chi connectivity index (χ3n) is 8.81. The number of hydrogen-bond acceptors (Lipinski definition) is 7. The van der Waals surface area contributed by atoms with Crippen molar-refractivity contribution in [1.29, 1.82) is 0 Å². The van der Waals surface area contributed by atoms with Crippen molar-refractivity contribution in [3.63, 3.8) is 0 Å². The predicted octanol–water partition coefficient (Wildman–Crippen LogP) is 7.23. The van der Waals surface area contributed by atoms with Crippen molar-refractivity contribution < 1.29 is 32.2 Å². The van der Waals surface area contributed by atoms with Gasteiger partial charge in [0.2, 0.25) is 0 Å². The van der Waals surface area contributed by atoms with Gasteiger partial charge in [-0.15, -0.1) is 5.10 Å². The summed E-state index contributed by atoms with van der Waals surface area (Å²) in [7, 11) is -1.52. The molecule has 1 aliphatic rings. The summed E-state index contributed by atoms with van der Waals surface area (Å²) in [6, 6.07) is 20.5. The number of alkyl halides is 3. The van der Waals surface area contributed by atoms with E-state index in [9.17, 15) is 27.6 Å². The van der Waals surface area contributed by atoms with Gasteiger partial charge in [0.25, 0.3) is 5.56 Å². The van der Waals surface area contributed by atoms with Crippen molar-refractivity contribution >= 4 is 30.7 Å². The highest BCUT2D eigenvalue weighted by atomic mass is 28.3. The summed E-state index contributed by atoms with van der Waals surface area (Å²) in [5, 5.41) is 7.70. The van der Waals surface area contributed by atoms with Crippen LogP contribution < -0.4 is 10.3 Å². The molecule has 3 unspecified atom stereocenters. The molecule has 3 aromatic carbocycles. The van der Waals surface area contributed by atoms with Gasteiger partial charge in [0.15, 0.2) is 5.78 Å². The number of carbonyl (C=O) groups excluding carboxylic acids is 2. The van der Waals surface area contributed by atoms with Crippen LogP contribution >= 0.6 is 0 Å². The molecule has 0 amide bonds. The highest BCUT2D eigenvalue weighted by molar-refractivity contribution is 6.76. The highest BCUT2D eigenvalue weighted by Crippen LogP contribution is 2.41. The van der Waals surface area contributed by atoms with E-state index in [1.165, 1.54) is 5.56 Å². The summed E-state index contributed by atoms with van der Waals surface area (Å²) in [4.78, 5) is 40.7. The third-order valence-corrected chi connectivity index (χ3v) is 10.5. The molecular weight excluding hydrogens is 639 g/mol. The molecule has 1 heterocycles. The molecule has 5 rings (SSSR count). The number of benzene rings is 3. The van der Waals surface area contributed by atoms with Crippen LogP contribution in [0.2, 0.25) is 25.7 Å². The molecule has 4 aromatic rings. The quantitative estimate of drug-likeness (QED) is 0.0636. The van der Waals surface area contributed by atoms with Crippen molar-refractivity contribution in [2.45, 2.75) is 64.1 Å². The number of halogens is 3. The number of nitrogens with zero attached hydrogens (tertiary/aromatic N) is 3. The molecule has 0 N–H and O–H groups in total. The van der Waals surface area contributed by atoms with Crippen molar-refractivity contribution in [3.05, 3.63) is 99.8 Å². The minimum Gasteiger partial charge on any atom is -0.494 e. The number of Topliss-reactive ketones (excluding diaryl/α,β-unsaturated/α-hetero) is 1. The molecule has 1 aliphatic carbocycles. The maximum Gasteiger partial charge on any atom is 0.416 e. The summed E-state index contributed by atoms with van der Waals surface area (Å²) in [5.41, 5.74) is -0.00972. The van der Waals surface area contributed by atoms with Crippen molar-refractivity contribution in [2.24, 2.45) is 17.8 Å². The zero-order valence-electron chi connectivity index (χ0n) is 27.3. The van der Waals surface area contributed by atoms with Gasteiger partial charge in [-0.1, -0.05) is 55.2 Å². The Labute approximate surface area is 278 Å². The van der Waals surface area contributed by atoms with Crippen LogP contribution in [0.1, 0.15) is 40.7 Å². The first-order valence-corrected chi connectivity index (χ1v) is 19.9. The van der Waals surface area contributed by atoms with E-state index < -0.39 is 49.1 Å². The molecular formula is C36H40F3N3O5Si. The third kappa shape index (κ3) is 8.77. The number of carbonyl (C=O) groups is 2. The van der Waals surface area contributed by atoms with Gasteiger partial charge in [0.05, 0.1) is 36.6 Å². The van der Waals surface area contributed by atoms with Gasteiger partial charge in [-0.3, -0.25) is 14.4 Å². The van der Waals surface area contributed by atoms with E-state index in [4.69, 9.17) is 9.47 Å². The topological polar surface area (TPSA) is 100 Å². The Kier molecular flexibility index (Phi) is 10.8. The molecule has 12 heteroatoms. The number of ether oxygens (including phenoxy) is 2. The van der Waals surface area contributed by atoms with E-state index in [1.807, 2.05) is 18.2 Å². The maximum atomic E-state index is 13.8. The molecule has 8 nitrogen and oxygen atoms in total. The molecule has 1 saturated carbocycles. The molecule has 0 saturated heterocycles. The Morgan fingerprint density at radius 2 is 1.69 bits per heavy atom. The second kappa shape index (κ2) is 14.8. The van der Waals surface area contributed by atoms with E-state index in [1.54, 1.807) is 24.3 Å². The van der Waals surface area contributed by atoms with Crippen LogP contribution in [0.15, 0.2) is 77.6 Å². The molecule has 0 radical (unpaired) electrons. The Balaban J connectivity index is 1.31. The van der Waals surface area contributed by atoms with Gasteiger partial charge < -0.3 is 9.47 Å². The molecule has 0 spiro atoms. The first-order chi connectivity index (χ1) is 22.8. The Morgan fingerprint density at radius 3 is 2.38 bits per heavy atom. The van der Waals surface area contributed by atoms with E-state index in [0.29, 0.717) is 30.8 Å². The highest BCUT2D eigenvalue weighted by Gasteiger charge is 2.46. The molecule has 3 atom stereocenters. The number of aromatic nitrogens is 3. The average molecular weight is 680 g/mol. The molecule has 1 aromatic heterocycles. The first kappa shape index (κ1) is 35.0. The van der Waals surface area contributed by atoms with Crippen molar-refractivity contribution in [2.75, 3.05) is 13.2 Å². The van der Waals surface area contributed by atoms with Crippen LogP contribution in [0.5, 0.6) is 5.75 Å². The van der Waals surface area contributed by atoms with Gasteiger partial charge in [-0.05, 0) is 85.7 Å². The fourth-order valence-electron chi connectivity index (χ4n) is 6.13.